The minimum Gasteiger partial charge on any atom is -0.322 e. The molecule has 2 amide bonds. The van der Waals surface area contributed by atoms with Crippen LogP contribution in [0.5, 0.6) is 0 Å². The molecular weight excluding hydrogens is 336 g/mol. The molecule has 0 heterocycles. The van der Waals surface area contributed by atoms with Crippen LogP contribution in [0.3, 0.4) is 0 Å². The molecule has 3 aromatic rings. The van der Waals surface area contributed by atoms with Crippen LogP contribution in [-0.2, 0) is 6.42 Å². The fraction of sp³-hybridized carbons (Fsp3) is 0.130. The lowest BCUT2D eigenvalue weighted by Gasteiger charge is -2.10. The molecular formula is C23H22N2O2. The van der Waals surface area contributed by atoms with Crippen LogP contribution in [0.4, 0.5) is 11.4 Å². The minimum absolute atomic E-state index is 0.244. The molecule has 0 unspecified atom stereocenters. The Kier molecular flexibility index (Phi) is 5.67. The van der Waals surface area contributed by atoms with Gasteiger partial charge in [-0.2, -0.15) is 0 Å². The third kappa shape index (κ3) is 4.61. The molecule has 4 heteroatoms. The fourth-order valence-corrected chi connectivity index (χ4v) is 2.74. The van der Waals surface area contributed by atoms with Gasteiger partial charge in [-0.1, -0.05) is 43.3 Å². The molecule has 136 valence electrons. The van der Waals surface area contributed by atoms with Crippen LogP contribution >= 0.6 is 0 Å². The lowest BCUT2D eigenvalue weighted by molar-refractivity contribution is 0.102. The van der Waals surface area contributed by atoms with Crippen molar-refractivity contribution in [1.29, 1.82) is 0 Å². The summed E-state index contributed by atoms with van der Waals surface area (Å²) in [6, 6.07) is 22.0. The first-order chi connectivity index (χ1) is 13.1. The smallest absolute Gasteiger partial charge is 0.255 e. The van der Waals surface area contributed by atoms with E-state index in [9.17, 15) is 9.59 Å². The molecule has 0 atom stereocenters. The van der Waals surface area contributed by atoms with Gasteiger partial charge < -0.3 is 10.6 Å². The molecule has 27 heavy (non-hydrogen) atoms. The molecule has 4 nitrogen and oxygen atoms in total. The number of benzene rings is 3. The highest BCUT2D eigenvalue weighted by molar-refractivity contribution is 6.08. The molecule has 0 spiro atoms. The highest BCUT2D eigenvalue weighted by Crippen LogP contribution is 2.16. The van der Waals surface area contributed by atoms with Crippen molar-refractivity contribution in [1.82, 2.24) is 0 Å². The second kappa shape index (κ2) is 8.32. The number of carbonyl (C=O) groups is 2. The molecule has 0 saturated carbocycles. The molecule has 0 aliphatic rings. The Hall–Kier alpha value is -3.40. The summed E-state index contributed by atoms with van der Waals surface area (Å²) in [6.07, 6.45) is 0.951. The van der Waals surface area contributed by atoms with Crippen molar-refractivity contribution in [3.8, 4) is 0 Å². The largest absolute Gasteiger partial charge is 0.322 e. The van der Waals surface area contributed by atoms with Gasteiger partial charge in [0.15, 0.2) is 0 Å². The van der Waals surface area contributed by atoms with E-state index < -0.39 is 0 Å². The highest BCUT2D eigenvalue weighted by Gasteiger charge is 2.12. The van der Waals surface area contributed by atoms with E-state index in [-0.39, 0.29) is 11.8 Å². The van der Waals surface area contributed by atoms with Crippen LogP contribution in [0.1, 0.15) is 38.8 Å². The van der Waals surface area contributed by atoms with Gasteiger partial charge in [-0.25, -0.2) is 0 Å². The van der Waals surface area contributed by atoms with E-state index >= 15 is 0 Å². The van der Waals surface area contributed by atoms with Gasteiger partial charge in [0.25, 0.3) is 11.8 Å². The van der Waals surface area contributed by atoms with Crippen LogP contribution in [-0.4, -0.2) is 11.8 Å². The molecule has 0 aliphatic heterocycles. The van der Waals surface area contributed by atoms with E-state index in [2.05, 4.69) is 17.6 Å². The Morgan fingerprint density at radius 1 is 0.778 bits per heavy atom. The summed E-state index contributed by atoms with van der Waals surface area (Å²) in [5.41, 5.74) is 4.55. The number of para-hydroxylation sites is 1. The third-order valence-electron chi connectivity index (χ3n) is 4.40. The Morgan fingerprint density at radius 3 is 2.04 bits per heavy atom. The van der Waals surface area contributed by atoms with Gasteiger partial charge in [0, 0.05) is 22.5 Å². The second-order valence-corrected chi connectivity index (χ2v) is 6.35. The zero-order valence-electron chi connectivity index (χ0n) is 15.5. The van der Waals surface area contributed by atoms with E-state index in [1.54, 1.807) is 24.3 Å². The van der Waals surface area contributed by atoms with Crippen LogP contribution in [0.25, 0.3) is 0 Å². The summed E-state index contributed by atoms with van der Waals surface area (Å²) < 4.78 is 0. The number of rotatable bonds is 5. The maximum absolute atomic E-state index is 12.5. The van der Waals surface area contributed by atoms with Crippen molar-refractivity contribution >= 4 is 23.2 Å². The number of nitrogens with one attached hydrogen (secondary N) is 2. The molecule has 0 aliphatic carbocycles. The average molecular weight is 358 g/mol. The van der Waals surface area contributed by atoms with Crippen molar-refractivity contribution in [3.63, 3.8) is 0 Å². The summed E-state index contributed by atoms with van der Waals surface area (Å²) in [7, 11) is 0. The fourth-order valence-electron chi connectivity index (χ4n) is 2.74. The highest BCUT2D eigenvalue weighted by atomic mass is 16.2. The number of amides is 2. The Bertz CT molecular complexity index is 962. The molecule has 0 saturated heterocycles. The summed E-state index contributed by atoms with van der Waals surface area (Å²) >= 11 is 0. The van der Waals surface area contributed by atoms with E-state index in [4.69, 9.17) is 0 Å². The topological polar surface area (TPSA) is 58.2 Å². The normalized spacial score (nSPS) is 10.3. The van der Waals surface area contributed by atoms with Gasteiger partial charge in [0.1, 0.15) is 0 Å². The van der Waals surface area contributed by atoms with Gasteiger partial charge in [-0.3, -0.25) is 9.59 Å². The molecule has 0 bridgehead atoms. The van der Waals surface area contributed by atoms with E-state index in [1.807, 2.05) is 55.5 Å². The van der Waals surface area contributed by atoms with Gasteiger partial charge >= 0.3 is 0 Å². The lowest BCUT2D eigenvalue weighted by Crippen LogP contribution is -2.16. The standard InChI is InChI=1S/C23H22N2O2/c1-3-17-11-13-20(14-12-17)24-22(26)18-8-6-9-19(15-18)23(27)25-21-10-5-4-7-16(21)2/h4-15H,3H2,1-2H3,(H,24,26)(H,25,27). The van der Waals surface area contributed by atoms with Crippen molar-refractivity contribution < 1.29 is 9.59 Å². The number of hydrogen-bond acceptors (Lipinski definition) is 2. The molecule has 0 fully saturated rings. The molecule has 0 aromatic heterocycles. The van der Waals surface area contributed by atoms with Crippen LogP contribution in [0, 0.1) is 6.92 Å². The first-order valence-electron chi connectivity index (χ1n) is 8.94. The molecule has 3 aromatic carbocycles. The van der Waals surface area contributed by atoms with Crippen LogP contribution < -0.4 is 10.6 Å². The van der Waals surface area contributed by atoms with E-state index in [1.165, 1.54) is 5.56 Å². The quantitative estimate of drug-likeness (QED) is 0.669. The molecule has 2 N–H and O–H groups in total. The van der Waals surface area contributed by atoms with Crippen LogP contribution in [0.15, 0.2) is 72.8 Å². The number of hydrogen-bond donors (Lipinski definition) is 2. The Labute approximate surface area is 159 Å². The first kappa shape index (κ1) is 18.4. The van der Waals surface area contributed by atoms with Crippen LogP contribution in [0.2, 0.25) is 0 Å². The summed E-state index contributed by atoms with van der Waals surface area (Å²) in [5.74, 6) is -0.490. The zero-order chi connectivity index (χ0) is 19.2. The first-order valence-corrected chi connectivity index (χ1v) is 8.94. The van der Waals surface area contributed by atoms with Crippen molar-refractivity contribution in [2.24, 2.45) is 0 Å². The van der Waals surface area contributed by atoms with Gasteiger partial charge in [0.05, 0.1) is 0 Å². The average Bonchev–Trinajstić information content (AvgIpc) is 2.70. The number of carbonyl (C=O) groups excluding carboxylic acids is 2. The van der Waals surface area contributed by atoms with Crippen molar-refractivity contribution in [2.45, 2.75) is 20.3 Å². The van der Waals surface area contributed by atoms with Crippen molar-refractivity contribution in [3.05, 3.63) is 95.1 Å². The Balaban J connectivity index is 1.73. The summed E-state index contributed by atoms with van der Waals surface area (Å²) in [6.45, 7) is 4.02. The maximum Gasteiger partial charge on any atom is 0.255 e. The van der Waals surface area contributed by atoms with Gasteiger partial charge in [0.2, 0.25) is 0 Å². The maximum atomic E-state index is 12.5. The third-order valence-corrected chi connectivity index (χ3v) is 4.40. The Morgan fingerprint density at radius 2 is 1.41 bits per heavy atom. The minimum atomic E-state index is -0.246. The number of aryl methyl sites for hydroxylation is 2. The monoisotopic (exact) mass is 358 g/mol. The summed E-state index contributed by atoms with van der Waals surface area (Å²) in [5, 5.41) is 5.75. The predicted octanol–water partition coefficient (Wildman–Crippen LogP) is 5.06. The predicted molar refractivity (Wildman–Crippen MR) is 109 cm³/mol. The lowest BCUT2D eigenvalue weighted by atomic mass is 10.1. The molecule has 0 radical (unpaired) electrons. The summed E-state index contributed by atoms with van der Waals surface area (Å²) in [4.78, 5) is 25.0. The molecule has 3 rings (SSSR count). The van der Waals surface area contributed by atoms with E-state index in [0.29, 0.717) is 11.1 Å². The van der Waals surface area contributed by atoms with Gasteiger partial charge in [-0.15, -0.1) is 0 Å². The zero-order valence-corrected chi connectivity index (χ0v) is 15.5. The van der Waals surface area contributed by atoms with Gasteiger partial charge in [-0.05, 0) is 60.9 Å². The van der Waals surface area contributed by atoms with Crippen molar-refractivity contribution in [2.75, 3.05) is 10.6 Å². The SMILES string of the molecule is CCc1ccc(NC(=O)c2cccc(C(=O)Nc3ccccc3C)c2)cc1. The second-order valence-electron chi connectivity index (χ2n) is 6.35. The van der Waals surface area contributed by atoms with E-state index in [0.717, 1.165) is 23.4 Å². The number of anilines is 2.